The lowest BCUT2D eigenvalue weighted by Crippen LogP contribution is -2.49. The normalized spacial score (nSPS) is 16.5. The van der Waals surface area contributed by atoms with Crippen LogP contribution in [0.5, 0.6) is 5.75 Å². The monoisotopic (exact) mass is 476 g/mol. The van der Waals surface area contributed by atoms with E-state index in [1.54, 1.807) is 30.3 Å². The average molecular weight is 477 g/mol. The smallest absolute Gasteiger partial charge is 0.223 e. The summed E-state index contributed by atoms with van der Waals surface area (Å²) in [4.78, 5) is 29.2. The van der Waals surface area contributed by atoms with Gasteiger partial charge in [0.25, 0.3) is 0 Å². The Labute approximate surface area is 207 Å². The number of hydrogen-bond acceptors (Lipinski definition) is 5. The van der Waals surface area contributed by atoms with Gasteiger partial charge in [-0.1, -0.05) is 19.1 Å². The summed E-state index contributed by atoms with van der Waals surface area (Å²) < 4.78 is 40.2. The van der Waals surface area contributed by atoms with E-state index in [1.807, 2.05) is 24.0 Å². The van der Waals surface area contributed by atoms with Crippen LogP contribution in [0.2, 0.25) is 0 Å². The molecule has 0 spiro atoms. The molecule has 0 unspecified atom stereocenters. The highest BCUT2D eigenvalue weighted by Crippen LogP contribution is 2.30. The van der Waals surface area contributed by atoms with Crippen molar-refractivity contribution in [3.63, 3.8) is 0 Å². The van der Waals surface area contributed by atoms with Crippen LogP contribution in [0.25, 0.3) is 22.3 Å². The van der Waals surface area contributed by atoms with Crippen LogP contribution in [0.4, 0.5) is 10.2 Å². The molecule has 0 aliphatic carbocycles. The van der Waals surface area contributed by atoms with Crippen molar-refractivity contribution in [2.24, 2.45) is 0 Å². The number of carbonyl (C=O) groups excluding carboxylic acids is 1. The van der Waals surface area contributed by atoms with Gasteiger partial charge in [-0.3, -0.25) is 4.79 Å². The third-order valence-electron chi connectivity index (χ3n) is 6.52. The summed E-state index contributed by atoms with van der Waals surface area (Å²) in [6.07, 6.45) is 1.83. The Morgan fingerprint density at radius 2 is 1.94 bits per heavy atom. The molecule has 1 aliphatic heterocycles. The van der Waals surface area contributed by atoms with E-state index < -0.39 is 7.04 Å². The number of benzene rings is 2. The number of carbonyl (C=O) groups is 1. The van der Waals surface area contributed by atoms with Gasteiger partial charge in [0, 0.05) is 38.3 Å². The molecule has 35 heavy (non-hydrogen) atoms. The van der Waals surface area contributed by atoms with Gasteiger partial charge in [-0.15, -0.1) is 0 Å². The molecule has 1 N–H and O–H groups in total. The number of rotatable bonds is 6. The molecule has 2 aromatic carbocycles. The Balaban J connectivity index is 1.22. The molecule has 180 valence electrons. The van der Waals surface area contributed by atoms with Crippen LogP contribution < -0.4 is 9.64 Å². The van der Waals surface area contributed by atoms with Crippen molar-refractivity contribution < 1.29 is 18.0 Å². The maximum absolute atomic E-state index is 13.3. The number of aromatic amines is 1. The molecule has 0 radical (unpaired) electrons. The summed E-state index contributed by atoms with van der Waals surface area (Å²) >= 11 is 0. The minimum Gasteiger partial charge on any atom is -0.497 e. The van der Waals surface area contributed by atoms with Crippen LogP contribution in [0, 0.1) is 5.82 Å². The zero-order valence-corrected chi connectivity index (χ0v) is 19.4. The Hall–Kier alpha value is -3.94. The average Bonchev–Trinajstić information content (AvgIpc) is 3.33. The first-order chi connectivity index (χ1) is 18.2. The standard InChI is InChI=1S/C27H28FN5O2/c1-18(20-4-3-5-22(15-20)35-2)14-25(34)32-10-12-33(13-11-32)27-23-16-24(31-26(23)29-17-30-27)19-6-8-21(28)9-7-19/h3-9,15-18H,10-14H2,1-2H3,(H,29,30,31)/t18-/m1/s1/i2D3. The van der Waals surface area contributed by atoms with E-state index in [4.69, 9.17) is 8.85 Å². The molecule has 2 aromatic heterocycles. The van der Waals surface area contributed by atoms with Crippen LogP contribution in [0.15, 0.2) is 60.9 Å². The Morgan fingerprint density at radius 3 is 2.71 bits per heavy atom. The number of halogens is 1. The van der Waals surface area contributed by atoms with Gasteiger partial charge in [-0.2, -0.15) is 0 Å². The topological polar surface area (TPSA) is 74.3 Å². The second-order valence-corrected chi connectivity index (χ2v) is 8.80. The van der Waals surface area contributed by atoms with Gasteiger partial charge >= 0.3 is 0 Å². The maximum Gasteiger partial charge on any atom is 0.223 e. The fourth-order valence-electron chi connectivity index (χ4n) is 4.52. The Bertz CT molecular complexity index is 1430. The van der Waals surface area contributed by atoms with Crippen LogP contribution in [0.3, 0.4) is 0 Å². The van der Waals surface area contributed by atoms with Crippen molar-refractivity contribution in [3.8, 4) is 17.0 Å². The van der Waals surface area contributed by atoms with Crippen molar-refractivity contribution in [1.29, 1.82) is 0 Å². The molecular formula is C27H28FN5O2. The lowest BCUT2D eigenvalue weighted by molar-refractivity contribution is -0.131. The fourth-order valence-corrected chi connectivity index (χ4v) is 4.52. The van der Waals surface area contributed by atoms with Crippen LogP contribution in [-0.4, -0.2) is 59.0 Å². The number of fused-ring (bicyclic) bond motifs is 1. The summed E-state index contributed by atoms with van der Waals surface area (Å²) in [6, 6.07) is 15.1. The predicted molar refractivity (Wildman–Crippen MR) is 134 cm³/mol. The zero-order valence-electron chi connectivity index (χ0n) is 22.4. The van der Waals surface area contributed by atoms with Crippen molar-refractivity contribution in [2.75, 3.05) is 38.1 Å². The van der Waals surface area contributed by atoms with Crippen molar-refractivity contribution in [2.45, 2.75) is 19.3 Å². The van der Waals surface area contributed by atoms with Crippen LogP contribution >= 0.6 is 0 Å². The van der Waals surface area contributed by atoms with Crippen molar-refractivity contribution >= 4 is 22.8 Å². The number of nitrogens with one attached hydrogen (secondary N) is 1. The summed E-state index contributed by atoms with van der Waals surface area (Å²) in [7, 11) is -2.52. The van der Waals surface area contributed by atoms with Crippen molar-refractivity contribution in [3.05, 3.63) is 72.3 Å². The molecule has 1 fully saturated rings. The number of hydrogen-bond donors (Lipinski definition) is 1. The first kappa shape index (κ1) is 19.4. The third kappa shape index (κ3) is 4.82. The predicted octanol–water partition coefficient (Wildman–Crippen LogP) is 4.62. The summed E-state index contributed by atoms with van der Waals surface area (Å²) in [5, 5.41) is 0.874. The van der Waals surface area contributed by atoms with Gasteiger partial charge < -0.3 is 19.5 Å². The molecular weight excluding hydrogens is 445 g/mol. The van der Waals surface area contributed by atoms with E-state index >= 15 is 0 Å². The number of piperazine rings is 1. The van der Waals surface area contributed by atoms with E-state index in [0.717, 1.165) is 28.0 Å². The van der Waals surface area contributed by atoms with Gasteiger partial charge in [0.15, 0.2) is 0 Å². The summed E-state index contributed by atoms with van der Waals surface area (Å²) in [5.41, 5.74) is 3.24. The molecule has 1 saturated heterocycles. The molecule has 7 nitrogen and oxygen atoms in total. The Kier molecular flexibility index (Phi) is 5.39. The van der Waals surface area contributed by atoms with E-state index in [1.165, 1.54) is 18.5 Å². The number of amides is 1. The van der Waals surface area contributed by atoms with Gasteiger partial charge in [0.05, 0.1) is 16.5 Å². The quantitative estimate of drug-likeness (QED) is 0.440. The molecule has 5 rings (SSSR count). The molecule has 4 aromatic rings. The highest BCUT2D eigenvalue weighted by atomic mass is 19.1. The number of aromatic nitrogens is 3. The van der Waals surface area contributed by atoms with Gasteiger partial charge in [-0.05, 0) is 59.5 Å². The number of methoxy groups -OCH3 is 1. The molecule has 8 heteroatoms. The highest BCUT2D eigenvalue weighted by Gasteiger charge is 2.25. The van der Waals surface area contributed by atoms with E-state index in [9.17, 15) is 9.18 Å². The summed E-state index contributed by atoms with van der Waals surface area (Å²) in [6.45, 7) is 4.34. The van der Waals surface area contributed by atoms with Crippen molar-refractivity contribution in [1.82, 2.24) is 19.9 Å². The zero-order chi connectivity index (χ0) is 26.9. The SMILES string of the molecule is [2H]C([2H])([2H])Oc1cccc([C@H](C)CC(=O)N2CCN(c3ncnc4[nH]c(-c5ccc(F)cc5)cc34)CC2)c1. The number of H-pyrrole nitrogens is 1. The largest absolute Gasteiger partial charge is 0.497 e. The molecule has 1 aliphatic rings. The van der Waals surface area contributed by atoms with Crippen LogP contribution in [0.1, 0.15) is 28.9 Å². The Morgan fingerprint density at radius 1 is 1.14 bits per heavy atom. The lowest BCUT2D eigenvalue weighted by atomic mass is 9.97. The first-order valence-electron chi connectivity index (χ1n) is 13.1. The molecule has 1 atom stereocenters. The molecule has 0 bridgehead atoms. The van der Waals surface area contributed by atoms with Gasteiger partial charge in [0.2, 0.25) is 5.91 Å². The molecule has 0 saturated carbocycles. The second kappa shape index (κ2) is 9.74. The minimum atomic E-state index is -2.52. The first-order valence-corrected chi connectivity index (χ1v) is 11.6. The van der Waals surface area contributed by atoms with Gasteiger partial charge in [0.1, 0.15) is 29.4 Å². The fraction of sp³-hybridized carbons (Fsp3) is 0.296. The minimum absolute atomic E-state index is 0.0485. The lowest BCUT2D eigenvalue weighted by Gasteiger charge is -2.36. The number of anilines is 1. The third-order valence-corrected chi connectivity index (χ3v) is 6.52. The van der Waals surface area contributed by atoms with Gasteiger partial charge in [-0.25, -0.2) is 14.4 Å². The van der Waals surface area contributed by atoms with E-state index in [0.29, 0.717) is 38.2 Å². The van der Waals surface area contributed by atoms with E-state index in [2.05, 4.69) is 19.9 Å². The molecule has 3 heterocycles. The number of ether oxygens (including phenoxy) is 1. The number of nitrogens with zero attached hydrogens (tertiary/aromatic N) is 4. The molecule has 1 amide bonds. The maximum atomic E-state index is 13.3. The van der Waals surface area contributed by atoms with Crippen LogP contribution in [-0.2, 0) is 4.79 Å². The van der Waals surface area contributed by atoms with E-state index in [-0.39, 0.29) is 23.4 Å². The second-order valence-electron chi connectivity index (χ2n) is 8.80. The summed E-state index contributed by atoms with van der Waals surface area (Å²) in [5.74, 6) is 0.729. The highest BCUT2D eigenvalue weighted by molar-refractivity contribution is 5.92.